The number of aliphatic carboxylic acids is 1. The average molecular weight is 345 g/mol. The molecule has 6 heteroatoms. The Kier molecular flexibility index (Phi) is 5.71. The zero-order valence-electron chi connectivity index (χ0n) is 14.1. The molecule has 0 aromatic heterocycles. The van der Waals surface area contributed by atoms with Gasteiger partial charge in [-0.1, -0.05) is 12.1 Å². The molecular formula is C19H23NO5. The summed E-state index contributed by atoms with van der Waals surface area (Å²) in [6.07, 6.45) is 7.18. The Bertz CT molecular complexity index is 651. The minimum absolute atomic E-state index is 0.0728. The number of carbonyl (C=O) groups is 2. The van der Waals surface area contributed by atoms with Gasteiger partial charge in [0.15, 0.2) is 6.10 Å². The van der Waals surface area contributed by atoms with E-state index in [1.165, 1.54) is 23.8 Å². The first-order valence-corrected chi connectivity index (χ1v) is 8.70. The minimum atomic E-state index is -1.04. The fourth-order valence-corrected chi connectivity index (χ4v) is 3.16. The Balaban J connectivity index is 1.59. The van der Waals surface area contributed by atoms with E-state index in [9.17, 15) is 9.59 Å². The molecular weight excluding hydrogens is 322 g/mol. The van der Waals surface area contributed by atoms with E-state index in [1.807, 2.05) is 24.3 Å². The van der Waals surface area contributed by atoms with Gasteiger partial charge < -0.3 is 19.5 Å². The third kappa shape index (κ3) is 4.82. The molecule has 6 nitrogen and oxygen atoms in total. The van der Waals surface area contributed by atoms with Crippen molar-refractivity contribution in [3.05, 3.63) is 35.9 Å². The van der Waals surface area contributed by atoms with Crippen molar-refractivity contribution in [2.24, 2.45) is 0 Å². The summed E-state index contributed by atoms with van der Waals surface area (Å²) >= 11 is 0. The van der Waals surface area contributed by atoms with Gasteiger partial charge >= 0.3 is 5.97 Å². The highest BCUT2D eigenvalue weighted by atomic mass is 16.5. The Hall–Kier alpha value is -2.34. The Morgan fingerprint density at radius 1 is 1.28 bits per heavy atom. The number of morpholine rings is 1. The number of carboxylic acids is 1. The normalized spacial score (nSPS) is 21.6. The minimum Gasteiger partial charge on any atom is -0.490 e. The summed E-state index contributed by atoms with van der Waals surface area (Å²) in [7, 11) is 0. The molecule has 1 N–H and O–H groups in total. The van der Waals surface area contributed by atoms with E-state index >= 15 is 0 Å². The molecule has 0 bridgehead atoms. The van der Waals surface area contributed by atoms with Crippen LogP contribution in [0, 0.1) is 0 Å². The number of hydrogen-bond donors (Lipinski definition) is 1. The smallest absolute Gasteiger partial charge is 0.334 e. The Morgan fingerprint density at radius 2 is 2.08 bits per heavy atom. The summed E-state index contributed by atoms with van der Waals surface area (Å²) in [6.45, 7) is 0.711. The van der Waals surface area contributed by atoms with E-state index in [0.29, 0.717) is 12.6 Å². The molecule has 1 aromatic carbocycles. The van der Waals surface area contributed by atoms with Crippen LogP contribution in [0.2, 0.25) is 0 Å². The van der Waals surface area contributed by atoms with Crippen LogP contribution in [0.5, 0.6) is 5.75 Å². The van der Waals surface area contributed by atoms with Crippen molar-refractivity contribution >= 4 is 18.0 Å². The highest BCUT2D eigenvalue weighted by Gasteiger charge is 2.27. The molecule has 2 fully saturated rings. The molecule has 1 aliphatic heterocycles. The summed E-state index contributed by atoms with van der Waals surface area (Å²) < 4.78 is 11.1. The quantitative estimate of drug-likeness (QED) is 0.829. The van der Waals surface area contributed by atoms with E-state index in [0.717, 1.165) is 24.2 Å². The second kappa shape index (κ2) is 8.16. The first-order valence-electron chi connectivity index (χ1n) is 8.70. The maximum atomic E-state index is 12.3. The van der Waals surface area contributed by atoms with Crippen molar-refractivity contribution < 1.29 is 24.2 Å². The summed E-state index contributed by atoms with van der Waals surface area (Å²) in [4.78, 5) is 24.7. The fourth-order valence-electron chi connectivity index (χ4n) is 3.16. The molecule has 1 atom stereocenters. The van der Waals surface area contributed by atoms with Crippen LogP contribution < -0.4 is 4.74 Å². The third-order valence-corrected chi connectivity index (χ3v) is 4.53. The molecule has 1 unspecified atom stereocenters. The lowest BCUT2D eigenvalue weighted by Crippen LogP contribution is -2.48. The molecule has 1 saturated heterocycles. The molecule has 1 aliphatic carbocycles. The average Bonchev–Trinajstić information content (AvgIpc) is 3.13. The zero-order chi connectivity index (χ0) is 17.6. The van der Waals surface area contributed by atoms with Crippen molar-refractivity contribution in [3.63, 3.8) is 0 Å². The van der Waals surface area contributed by atoms with Crippen molar-refractivity contribution in [1.29, 1.82) is 0 Å². The van der Waals surface area contributed by atoms with E-state index < -0.39 is 12.1 Å². The van der Waals surface area contributed by atoms with Crippen LogP contribution >= 0.6 is 0 Å². The van der Waals surface area contributed by atoms with Crippen LogP contribution in [0.4, 0.5) is 0 Å². The predicted molar refractivity (Wildman–Crippen MR) is 92.3 cm³/mol. The number of rotatable bonds is 5. The lowest BCUT2D eigenvalue weighted by molar-refractivity contribution is -0.158. The maximum absolute atomic E-state index is 12.3. The second-order valence-electron chi connectivity index (χ2n) is 6.41. The van der Waals surface area contributed by atoms with Gasteiger partial charge in [-0.15, -0.1) is 0 Å². The molecule has 25 heavy (non-hydrogen) atoms. The zero-order valence-corrected chi connectivity index (χ0v) is 14.1. The van der Waals surface area contributed by atoms with E-state index in [4.69, 9.17) is 14.6 Å². The second-order valence-corrected chi connectivity index (χ2v) is 6.41. The summed E-state index contributed by atoms with van der Waals surface area (Å²) in [6, 6.07) is 7.66. The van der Waals surface area contributed by atoms with Crippen molar-refractivity contribution in [2.45, 2.75) is 37.9 Å². The molecule has 3 rings (SSSR count). The topological polar surface area (TPSA) is 76.1 Å². The molecule has 1 heterocycles. The van der Waals surface area contributed by atoms with E-state index in [1.54, 1.807) is 6.08 Å². The van der Waals surface area contributed by atoms with Crippen LogP contribution in [-0.2, 0) is 14.3 Å². The third-order valence-electron chi connectivity index (χ3n) is 4.53. The predicted octanol–water partition coefficient (Wildman–Crippen LogP) is 2.33. The first kappa shape index (κ1) is 17.5. The Labute approximate surface area is 147 Å². The van der Waals surface area contributed by atoms with Gasteiger partial charge in [-0.2, -0.15) is 0 Å². The van der Waals surface area contributed by atoms with Crippen molar-refractivity contribution in [3.8, 4) is 5.75 Å². The number of ether oxygens (including phenoxy) is 2. The van der Waals surface area contributed by atoms with E-state index in [2.05, 4.69) is 0 Å². The lowest BCUT2D eigenvalue weighted by Gasteiger charge is -2.30. The summed E-state index contributed by atoms with van der Waals surface area (Å²) in [5.41, 5.74) is 0.881. The number of carboxylic acid groups (broad SMARTS) is 1. The largest absolute Gasteiger partial charge is 0.490 e. The molecule has 134 valence electrons. The van der Waals surface area contributed by atoms with Crippen LogP contribution in [0.25, 0.3) is 6.08 Å². The van der Waals surface area contributed by atoms with Crippen LogP contribution in [0.3, 0.4) is 0 Å². The number of amides is 1. The van der Waals surface area contributed by atoms with Gasteiger partial charge in [-0.3, -0.25) is 4.79 Å². The number of hydrogen-bond acceptors (Lipinski definition) is 4. The molecule has 1 amide bonds. The first-order chi connectivity index (χ1) is 12.1. The van der Waals surface area contributed by atoms with Gasteiger partial charge in [0.2, 0.25) is 5.91 Å². The van der Waals surface area contributed by atoms with Gasteiger partial charge in [0.05, 0.1) is 19.3 Å². The molecule has 0 radical (unpaired) electrons. The standard InChI is InChI=1S/C19H23NO5/c21-18(20-10-11-24-17(13-20)19(22)23)9-8-14-4-3-7-16(12-14)25-15-5-1-2-6-15/h3-4,7-9,12,15,17H,1-2,5-6,10-11,13H2,(H,22,23)/b9-8+. The number of nitrogens with zero attached hydrogens (tertiary/aromatic N) is 1. The van der Waals surface area contributed by atoms with Gasteiger partial charge in [0.25, 0.3) is 0 Å². The Morgan fingerprint density at radius 3 is 2.84 bits per heavy atom. The monoisotopic (exact) mass is 345 g/mol. The highest BCUT2D eigenvalue weighted by Crippen LogP contribution is 2.24. The van der Waals surface area contributed by atoms with Gasteiger partial charge in [0, 0.05) is 12.6 Å². The summed E-state index contributed by atoms with van der Waals surface area (Å²) in [5.74, 6) is -0.436. The van der Waals surface area contributed by atoms with Crippen LogP contribution in [-0.4, -0.2) is 53.8 Å². The fraction of sp³-hybridized carbons (Fsp3) is 0.474. The number of carbonyl (C=O) groups excluding carboxylic acids is 1. The highest BCUT2D eigenvalue weighted by molar-refractivity contribution is 5.92. The van der Waals surface area contributed by atoms with Gasteiger partial charge in [-0.05, 0) is 49.5 Å². The van der Waals surface area contributed by atoms with Crippen molar-refractivity contribution in [2.75, 3.05) is 19.7 Å². The van der Waals surface area contributed by atoms with Crippen LogP contribution in [0.1, 0.15) is 31.2 Å². The van der Waals surface area contributed by atoms with Crippen LogP contribution in [0.15, 0.2) is 30.3 Å². The lowest BCUT2D eigenvalue weighted by atomic mass is 10.2. The van der Waals surface area contributed by atoms with Gasteiger partial charge in [-0.25, -0.2) is 4.79 Å². The SMILES string of the molecule is O=C(O)C1CN(C(=O)/C=C/c2cccc(OC3CCCC3)c2)CCO1. The number of benzene rings is 1. The molecule has 2 aliphatic rings. The molecule has 1 aromatic rings. The van der Waals surface area contributed by atoms with Crippen molar-refractivity contribution in [1.82, 2.24) is 4.90 Å². The van der Waals surface area contributed by atoms with Gasteiger partial charge in [0.1, 0.15) is 5.75 Å². The maximum Gasteiger partial charge on any atom is 0.334 e. The molecule has 0 spiro atoms. The summed E-state index contributed by atoms with van der Waals surface area (Å²) in [5, 5.41) is 9.00. The van der Waals surface area contributed by atoms with E-state index in [-0.39, 0.29) is 19.1 Å². The molecule has 1 saturated carbocycles.